The quantitative estimate of drug-likeness (QED) is 0.615. The standard InChI is InChI=1S/2C7H7NO2/c1-6-2-4-7(5-3-6)8(9)10;1-6-3-2-4-7(5-6)8(9)10/h2*2-5H,1H3. The molecule has 0 fully saturated rings. The Kier molecular flexibility index (Phi) is 5.34. The van der Waals surface area contributed by atoms with E-state index in [1.54, 1.807) is 24.3 Å². The maximum Gasteiger partial charge on any atom is 0.269 e. The van der Waals surface area contributed by atoms with Crippen LogP contribution in [0.1, 0.15) is 11.1 Å². The van der Waals surface area contributed by atoms with Crippen molar-refractivity contribution in [3.63, 3.8) is 0 Å². The van der Waals surface area contributed by atoms with Gasteiger partial charge in [0, 0.05) is 24.3 Å². The minimum Gasteiger partial charge on any atom is -0.258 e. The van der Waals surface area contributed by atoms with E-state index in [2.05, 4.69) is 0 Å². The van der Waals surface area contributed by atoms with E-state index in [1.165, 1.54) is 18.2 Å². The van der Waals surface area contributed by atoms with Gasteiger partial charge in [0.05, 0.1) is 9.85 Å². The molecule has 0 aliphatic rings. The van der Waals surface area contributed by atoms with Crippen LogP contribution < -0.4 is 0 Å². The van der Waals surface area contributed by atoms with Gasteiger partial charge in [0.1, 0.15) is 0 Å². The highest BCUT2D eigenvalue weighted by Gasteiger charge is 2.02. The molecular formula is C14H14N2O4. The minimum absolute atomic E-state index is 0.144. The van der Waals surface area contributed by atoms with Crippen LogP contribution in [-0.2, 0) is 0 Å². The van der Waals surface area contributed by atoms with Gasteiger partial charge in [0.15, 0.2) is 0 Å². The molecule has 0 bridgehead atoms. The first-order valence-corrected chi connectivity index (χ1v) is 5.82. The lowest BCUT2D eigenvalue weighted by molar-refractivity contribution is -0.385. The molecule has 0 aromatic heterocycles. The molecule has 0 N–H and O–H groups in total. The zero-order valence-corrected chi connectivity index (χ0v) is 11.1. The van der Waals surface area contributed by atoms with Crippen molar-refractivity contribution < 1.29 is 9.85 Å². The summed E-state index contributed by atoms with van der Waals surface area (Å²) in [5.41, 5.74) is 2.24. The zero-order chi connectivity index (χ0) is 15.1. The van der Waals surface area contributed by atoms with E-state index in [9.17, 15) is 20.2 Å². The van der Waals surface area contributed by atoms with Gasteiger partial charge in [-0.2, -0.15) is 0 Å². The van der Waals surface area contributed by atoms with E-state index in [1.807, 2.05) is 19.9 Å². The summed E-state index contributed by atoms with van der Waals surface area (Å²) < 4.78 is 0. The Labute approximate surface area is 116 Å². The van der Waals surface area contributed by atoms with Crippen molar-refractivity contribution in [1.82, 2.24) is 0 Å². The lowest BCUT2D eigenvalue weighted by Crippen LogP contribution is -1.86. The molecule has 6 heteroatoms. The summed E-state index contributed by atoms with van der Waals surface area (Å²) >= 11 is 0. The smallest absolute Gasteiger partial charge is 0.258 e. The molecule has 20 heavy (non-hydrogen) atoms. The van der Waals surface area contributed by atoms with Crippen LogP contribution in [0.3, 0.4) is 0 Å². The Morgan fingerprint density at radius 2 is 1.30 bits per heavy atom. The van der Waals surface area contributed by atoms with E-state index >= 15 is 0 Å². The van der Waals surface area contributed by atoms with Crippen LogP contribution in [0.4, 0.5) is 11.4 Å². The summed E-state index contributed by atoms with van der Waals surface area (Å²) in [5.74, 6) is 0. The molecule has 0 spiro atoms. The average Bonchev–Trinajstić information content (AvgIpc) is 2.40. The van der Waals surface area contributed by atoms with E-state index in [0.29, 0.717) is 0 Å². The van der Waals surface area contributed by atoms with Crippen molar-refractivity contribution in [3.8, 4) is 0 Å². The second-order valence-corrected chi connectivity index (χ2v) is 4.19. The second-order valence-electron chi connectivity index (χ2n) is 4.19. The van der Waals surface area contributed by atoms with Crippen LogP contribution in [0.25, 0.3) is 0 Å². The van der Waals surface area contributed by atoms with Crippen molar-refractivity contribution >= 4 is 11.4 Å². The van der Waals surface area contributed by atoms with E-state index in [-0.39, 0.29) is 11.4 Å². The van der Waals surface area contributed by atoms with Crippen molar-refractivity contribution in [2.45, 2.75) is 13.8 Å². The maximum atomic E-state index is 10.2. The summed E-state index contributed by atoms with van der Waals surface area (Å²) in [4.78, 5) is 19.5. The fourth-order valence-electron chi connectivity index (χ4n) is 1.41. The maximum absolute atomic E-state index is 10.2. The molecule has 104 valence electrons. The molecule has 0 aliphatic heterocycles. The molecule has 0 heterocycles. The summed E-state index contributed by atoms with van der Waals surface area (Å²) in [5, 5.41) is 20.3. The molecule has 0 atom stereocenters. The summed E-state index contributed by atoms with van der Waals surface area (Å²) in [7, 11) is 0. The summed E-state index contributed by atoms with van der Waals surface area (Å²) in [6.07, 6.45) is 0. The van der Waals surface area contributed by atoms with Gasteiger partial charge in [0.2, 0.25) is 0 Å². The lowest BCUT2D eigenvalue weighted by Gasteiger charge is -1.90. The first kappa shape index (κ1) is 15.3. The lowest BCUT2D eigenvalue weighted by atomic mass is 10.2. The van der Waals surface area contributed by atoms with Crippen LogP contribution >= 0.6 is 0 Å². The summed E-state index contributed by atoms with van der Waals surface area (Å²) in [6.45, 7) is 3.72. The van der Waals surface area contributed by atoms with Crippen molar-refractivity contribution in [2.24, 2.45) is 0 Å². The Balaban J connectivity index is 0.000000200. The fraction of sp³-hybridized carbons (Fsp3) is 0.143. The predicted molar refractivity (Wildman–Crippen MR) is 75.7 cm³/mol. The first-order chi connectivity index (χ1) is 9.40. The molecule has 2 aromatic carbocycles. The van der Waals surface area contributed by atoms with Crippen LogP contribution in [0.2, 0.25) is 0 Å². The van der Waals surface area contributed by atoms with Crippen LogP contribution in [-0.4, -0.2) is 9.85 Å². The molecule has 2 rings (SSSR count). The third-order valence-corrected chi connectivity index (χ3v) is 2.46. The fourth-order valence-corrected chi connectivity index (χ4v) is 1.41. The number of hydrogen-bond acceptors (Lipinski definition) is 4. The number of non-ortho nitro benzene ring substituents is 2. The zero-order valence-electron chi connectivity index (χ0n) is 11.1. The molecule has 0 unspecified atom stereocenters. The Morgan fingerprint density at radius 3 is 1.70 bits per heavy atom. The predicted octanol–water partition coefficient (Wildman–Crippen LogP) is 3.81. The third-order valence-electron chi connectivity index (χ3n) is 2.46. The molecule has 0 amide bonds. The molecule has 2 aromatic rings. The highest BCUT2D eigenvalue weighted by molar-refractivity contribution is 5.33. The van der Waals surface area contributed by atoms with E-state index in [4.69, 9.17) is 0 Å². The van der Waals surface area contributed by atoms with Gasteiger partial charge < -0.3 is 0 Å². The third kappa shape index (κ3) is 4.85. The van der Waals surface area contributed by atoms with Crippen molar-refractivity contribution in [1.29, 1.82) is 0 Å². The van der Waals surface area contributed by atoms with Crippen molar-refractivity contribution in [3.05, 3.63) is 79.9 Å². The normalized spacial score (nSPS) is 9.30. The van der Waals surface area contributed by atoms with Crippen molar-refractivity contribution in [2.75, 3.05) is 0 Å². The minimum atomic E-state index is -0.403. The molecule has 0 saturated heterocycles. The van der Waals surface area contributed by atoms with Gasteiger partial charge in [-0.15, -0.1) is 0 Å². The molecular weight excluding hydrogens is 260 g/mol. The van der Waals surface area contributed by atoms with Gasteiger partial charge in [-0.1, -0.05) is 29.8 Å². The first-order valence-electron chi connectivity index (χ1n) is 5.82. The molecule has 0 aliphatic carbocycles. The van der Waals surface area contributed by atoms with Gasteiger partial charge in [-0.3, -0.25) is 20.2 Å². The summed E-state index contributed by atoms with van der Waals surface area (Å²) in [6, 6.07) is 13.0. The van der Waals surface area contributed by atoms with Gasteiger partial charge in [-0.05, 0) is 19.4 Å². The number of hydrogen-bond donors (Lipinski definition) is 0. The van der Waals surface area contributed by atoms with Crippen LogP contribution in [0.5, 0.6) is 0 Å². The Hall–Kier alpha value is -2.76. The number of nitro groups is 2. The van der Waals surface area contributed by atoms with E-state index < -0.39 is 9.85 Å². The number of aryl methyl sites for hydroxylation is 2. The highest BCUT2D eigenvalue weighted by atomic mass is 16.6. The van der Waals surface area contributed by atoms with Gasteiger partial charge in [-0.25, -0.2) is 0 Å². The van der Waals surface area contributed by atoms with Crippen LogP contribution in [0, 0.1) is 34.1 Å². The number of nitrogens with zero attached hydrogens (tertiary/aromatic N) is 2. The van der Waals surface area contributed by atoms with Crippen LogP contribution in [0.15, 0.2) is 48.5 Å². The average molecular weight is 274 g/mol. The number of rotatable bonds is 2. The Morgan fingerprint density at radius 1 is 0.750 bits per heavy atom. The Bertz CT molecular complexity index is 609. The highest BCUT2D eigenvalue weighted by Crippen LogP contribution is 2.11. The van der Waals surface area contributed by atoms with E-state index in [0.717, 1.165) is 11.1 Å². The molecule has 0 saturated carbocycles. The number of nitro benzene ring substituents is 2. The SMILES string of the molecule is Cc1ccc([N+](=O)[O-])cc1.Cc1cccc([N+](=O)[O-])c1. The molecule has 6 nitrogen and oxygen atoms in total. The largest absolute Gasteiger partial charge is 0.269 e. The monoisotopic (exact) mass is 274 g/mol. The van der Waals surface area contributed by atoms with Gasteiger partial charge in [0.25, 0.3) is 11.4 Å². The molecule has 0 radical (unpaired) electrons. The topological polar surface area (TPSA) is 86.3 Å². The van der Waals surface area contributed by atoms with Gasteiger partial charge >= 0.3 is 0 Å². The second kappa shape index (κ2) is 6.98. The number of benzene rings is 2.